The van der Waals surface area contributed by atoms with Crippen molar-refractivity contribution in [1.82, 2.24) is 14.9 Å². The molecule has 8 nitrogen and oxygen atoms in total. The zero-order valence-electron chi connectivity index (χ0n) is 16.1. The van der Waals surface area contributed by atoms with E-state index in [9.17, 15) is 18.0 Å². The minimum absolute atomic E-state index is 0.0351. The number of rotatable bonds is 4. The number of likely N-dealkylation sites (tertiary alicyclic amines) is 1. The predicted molar refractivity (Wildman–Crippen MR) is 101 cm³/mol. The monoisotopic (exact) mass is 397 g/mol. The Balaban J connectivity index is 1.90. The smallest absolute Gasteiger partial charge is 0.407 e. The Labute approximate surface area is 160 Å². The Morgan fingerprint density at radius 2 is 1.67 bits per heavy atom. The van der Waals surface area contributed by atoms with Gasteiger partial charge in [0.25, 0.3) is 5.91 Å². The van der Waals surface area contributed by atoms with E-state index in [1.54, 1.807) is 25.7 Å². The standard InChI is InChI=1S/C18H27N3O5S/c1-18(2,3)26-17(23)20-14-9-11-21(12-10-14)16(22)13-5-7-15(8-6-13)27(24,25)19-4/h5-8,14,19H,9-12H2,1-4H3,(H,20,23). The number of carbonyl (C=O) groups is 2. The minimum Gasteiger partial charge on any atom is -0.444 e. The SMILES string of the molecule is CNS(=O)(=O)c1ccc(C(=O)N2CCC(NC(=O)OC(C)(C)C)CC2)cc1. The highest BCUT2D eigenvalue weighted by Gasteiger charge is 2.26. The first-order chi connectivity index (χ1) is 12.5. The highest BCUT2D eigenvalue weighted by molar-refractivity contribution is 7.89. The van der Waals surface area contributed by atoms with Crippen molar-refractivity contribution in [2.24, 2.45) is 0 Å². The lowest BCUT2D eigenvalue weighted by Crippen LogP contribution is -2.47. The van der Waals surface area contributed by atoms with Gasteiger partial charge < -0.3 is 15.0 Å². The highest BCUT2D eigenvalue weighted by Crippen LogP contribution is 2.17. The van der Waals surface area contributed by atoms with Crippen molar-refractivity contribution in [3.05, 3.63) is 29.8 Å². The van der Waals surface area contributed by atoms with Gasteiger partial charge >= 0.3 is 6.09 Å². The Hall–Kier alpha value is -2.13. The van der Waals surface area contributed by atoms with Gasteiger partial charge in [-0.1, -0.05) is 0 Å². The largest absolute Gasteiger partial charge is 0.444 e. The number of nitrogens with one attached hydrogen (secondary N) is 2. The Morgan fingerprint density at radius 3 is 2.15 bits per heavy atom. The molecule has 0 atom stereocenters. The Morgan fingerprint density at radius 1 is 1.11 bits per heavy atom. The molecule has 1 fully saturated rings. The maximum absolute atomic E-state index is 12.6. The van der Waals surface area contributed by atoms with Crippen molar-refractivity contribution in [2.45, 2.75) is 50.2 Å². The molecular weight excluding hydrogens is 370 g/mol. The number of hydrogen-bond donors (Lipinski definition) is 2. The van der Waals surface area contributed by atoms with Crippen LogP contribution < -0.4 is 10.0 Å². The van der Waals surface area contributed by atoms with Crippen molar-refractivity contribution in [3.8, 4) is 0 Å². The Bertz CT molecular complexity index is 776. The zero-order valence-corrected chi connectivity index (χ0v) is 16.9. The number of benzene rings is 1. The Kier molecular flexibility index (Phi) is 6.48. The molecule has 1 aliphatic rings. The molecule has 1 saturated heterocycles. The van der Waals surface area contributed by atoms with Gasteiger partial charge in [-0.05, 0) is 64.9 Å². The van der Waals surface area contributed by atoms with Gasteiger partial charge in [0, 0.05) is 24.7 Å². The van der Waals surface area contributed by atoms with Crippen LogP contribution in [0.5, 0.6) is 0 Å². The van der Waals surface area contributed by atoms with Crippen LogP contribution in [0.3, 0.4) is 0 Å². The summed E-state index contributed by atoms with van der Waals surface area (Å²) in [6, 6.07) is 5.81. The maximum Gasteiger partial charge on any atom is 0.407 e. The molecule has 1 aromatic carbocycles. The van der Waals surface area contributed by atoms with Gasteiger partial charge in [-0.3, -0.25) is 4.79 Å². The number of sulfonamides is 1. The molecule has 0 unspecified atom stereocenters. The molecule has 1 heterocycles. The first-order valence-electron chi connectivity index (χ1n) is 8.84. The van der Waals surface area contributed by atoms with E-state index >= 15 is 0 Å². The fourth-order valence-electron chi connectivity index (χ4n) is 2.78. The van der Waals surface area contributed by atoms with Crippen LogP contribution in [-0.2, 0) is 14.8 Å². The van der Waals surface area contributed by atoms with Crippen LogP contribution in [0, 0.1) is 0 Å². The third-order valence-corrected chi connectivity index (χ3v) is 5.61. The molecule has 1 aliphatic heterocycles. The second-order valence-electron chi connectivity index (χ2n) is 7.44. The summed E-state index contributed by atoms with van der Waals surface area (Å²) in [6.45, 7) is 6.44. The van der Waals surface area contributed by atoms with Crippen LogP contribution in [0.1, 0.15) is 44.0 Å². The van der Waals surface area contributed by atoms with Crippen molar-refractivity contribution < 1.29 is 22.7 Å². The van der Waals surface area contributed by atoms with E-state index < -0.39 is 21.7 Å². The number of alkyl carbamates (subject to hydrolysis) is 1. The quantitative estimate of drug-likeness (QED) is 0.805. The minimum atomic E-state index is -3.52. The summed E-state index contributed by atoms with van der Waals surface area (Å²) in [4.78, 5) is 26.2. The fraction of sp³-hybridized carbons (Fsp3) is 0.556. The fourth-order valence-corrected chi connectivity index (χ4v) is 3.51. The first kappa shape index (κ1) is 21.2. The van der Waals surface area contributed by atoms with Crippen molar-refractivity contribution in [3.63, 3.8) is 0 Å². The molecule has 0 saturated carbocycles. The van der Waals surface area contributed by atoms with Crippen molar-refractivity contribution >= 4 is 22.0 Å². The molecule has 2 amide bonds. The number of ether oxygens (including phenoxy) is 1. The number of hydrogen-bond acceptors (Lipinski definition) is 5. The number of nitrogens with zero attached hydrogens (tertiary/aromatic N) is 1. The van der Waals surface area contributed by atoms with Crippen LogP contribution in [0.2, 0.25) is 0 Å². The second-order valence-corrected chi connectivity index (χ2v) is 9.33. The topological polar surface area (TPSA) is 105 Å². The number of piperidine rings is 1. The highest BCUT2D eigenvalue weighted by atomic mass is 32.2. The predicted octanol–water partition coefficient (Wildman–Crippen LogP) is 1.72. The second kappa shape index (κ2) is 8.26. The van der Waals surface area contributed by atoms with Gasteiger partial charge in [-0.15, -0.1) is 0 Å². The molecule has 1 aromatic rings. The molecular formula is C18H27N3O5S. The summed E-state index contributed by atoms with van der Waals surface area (Å²) in [5, 5.41) is 2.83. The number of carbonyl (C=O) groups excluding carboxylic acids is 2. The molecule has 27 heavy (non-hydrogen) atoms. The summed E-state index contributed by atoms with van der Waals surface area (Å²) in [7, 11) is -2.19. The van der Waals surface area contributed by atoms with Crippen molar-refractivity contribution in [2.75, 3.05) is 20.1 Å². The molecule has 150 valence electrons. The van der Waals surface area contributed by atoms with Gasteiger partial charge in [0.1, 0.15) is 5.60 Å². The zero-order chi connectivity index (χ0) is 20.2. The van der Waals surface area contributed by atoms with Crippen LogP contribution in [-0.4, -0.2) is 57.1 Å². The van der Waals surface area contributed by atoms with Crippen LogP contribution in [0.4, 0.5) is 4.79 Å². The average Bonchev–Trinajstić information content (AvgIpc) is 2.60. The van der Waals surface area contributed by atoms with Gasteiger partial charge in [0.15, 0.2) is 0 Å². The van der Waals surface area contributed by atoms with E-state index in [1.165, 1.54) is 31.3 Å². The molecule has 9 heteroatoms. The van der Waals surface area contributed by atoms with Crippen LogP contribution in [0.15, 0.2) is 29.2 Å². The van der Waals surface area contributed by atoms with Gasteiger partial charge in [0.2, 0.25) is 10.0 Å². The number of amides is 2. The first-order valence-corrected chi connectivity index (χ1v) is 10.3. The van der Waals surface area contributed by atoms with E-state index in [-0.39, 0.29) is 16.8 Å². The molecule has 0 radical (unpaired) electrons. The molecule has 0 aliphatic carbocycles. The summed E-state index contributed by atoms with van der Waals surface area (Å²) < 4.78 is 31.0. The van der Waals surface area contributed by atoms with E-state index in [1.807, 2.05) is 0 Å². The summed E-state index contributed by atoms with van der Waals surface area (Å²) in [5.41, 5.74) is -0.114. The molecule has 2 N–H and O–H groups in total. The third kappa shape index (κ3) is 5.93. The molecule has 2 rings (SSSR count). The van der Waals surface area contributed by atoms with Gasteiger partial charge in [-0.25, -0.2) is 17.9 Å². The van der Waals surface area contributed by atoms with E-state index in [2.05, 4.69) is 10.0 Å². The van der Waals surface area contributed by atoms with Crippen LogP contribution in [0.25, 0.3) is 0 Å². The third-order valence-electron chi connectivity index (χ3n) is 4.18. The van der Waals surface area contributed by atoms with Crippen LogP contribution >= 0.6 is 0 Å². The normalized spacial score (nSPS) is 16.1. The lowest BCUT2D eigenvalue weighted by atomic mass is 10.0. The summed E-state index contributed by atoms with van der Waals surface area (Å²) >= 11 is 0. The van der Waals surface area contributed by atoms with E-state index in [0.717, 1.165) is 0 Å². The summed E-state index contributed by atoms with van der Waals surface area (Å²) in [5.74, 6) is -0.154. The molecule has 0 spiro atoms. The maximum atomic E-state index is 12.6. The van der Waals surface area contributed by atoms with E-state index in [0.29, 0.717) is 31.5 Å². The average molecular weight is 397 g/mol. The summed E-state index contributed by atoms with van der Waals surface area (Å²) in [6.07, 6.45) is 0.822. The molecule has 0 aromatic heterocycles. The molecule has 0 bridgehead atoms. The lowest BCUT2D eigenvalue weighted by Gasteiger charge is -2.33. The van der Waals surface area contributed by atoms with Gasteiger partial charge in [0.05, 0.1) is 4.90 Å². The van der Waals surface area contributed by atoms with Crippen molar-refractivity contribution in [1.29, 1.82) is 0 Å². The van der Waals surface area contributed by atoms with Gasteiger partial charge in [-0.2, -0.15) is 0 Å². The lowest BCUT2D eigenvalue weighted by molar-refractivity contribution is 0.0473. The van der Waals surface area contributed by atoms with E-state index in [4.69, 9.17) is 4.74 Å².